The number of carbonyl (C=O) groups is 1. The fraction of sp³-hybridized carbons (Fsp3) is 0.941. The Morgan fingerprint density at radius 2 is 2.00 bits per heavy atom. The molecule has 0 heterocycles. The number of amides is 1. The van der Waals surface area contributed by atoms with Gasteiger partial charge in [-0.2, -0.15) is 0 Å². The smallest absolute Gasteiger partial charge is 0.237 e. The first-order valence-electron chi connectivity index (χ1n) is 8.82. The first kappa shape index (κ1) is 16.8. The van der Waals surface area contributed by atoms with E-state index in [4.69, 9.17) is 5.73 Å². The second-order valence-corrected chi connectivity index (χ2v) is 7.21. The standard InChI is InChI=1S/C17H33N3O/c1-3-11-19-17(16(18)21)10-6-9-15(12-17)20(2)13-14-7-4-5-8-14/h14-15,19H,3-13H2,1-2H3,(H2,18,21). The number of nitrogens with two attached hydrogens (primary N) is 1. The van der Waals surface area contributed by atoms with Gasteiger partial charge in [-0.15, -0.1) is 0 Å². The molecule has 21 heavy (non-hydrogen) atoms. The zero-order valence-corrected chi connectivity index (χ0v) is 13.9. The van der Waals surface area contributed by atoms with Gasteiger partial charge in [0.25, 0.3) is 0 Å². The van der Waals surface area contributed by atoms with Gasteiger partial charge in [-0.25, -0.2) is 0 Å². The molecule has 2 saturated carbocycles. The van der Waals surface area contributed by atoms with Gasteiger partial charge in [0, 0.05) is 12.6 Å². The van der Waals surface area contributed by atoms with E-state index in [0.717, 1.165) is 38.1 Å². The SMILES string of the molecule is CCCNC1(C(N)=O)CCCC(N(C)CC2CCCC2)C1. The van der Waals surface area contributed by atoms with Crippen LogP contribution >= 0.6 is 0 Å². The number of primary amides is 1. The summed E-state index contributed by atoms with van der Waals surface area (Å²) in [7, 11) is 2.24. The number of hydrogen-bond acceptors (Lipinski definition) is 3. The predicted molar refractivity (Wildman–Crippen MR) is 87.1 cm³/mol. The van der Waals surface area contributed by atoms with Gasteiger partial charge in [0.1, 0.15) is 0 Å². The average molecular weight is 295 g/mol. The van der Waals surface area contributed by atoms with Crippen LogP contribution < -0.4 is 11.1 Å². The molecule has 2 aliphatic rings. The van der Waals surface area contributed by atoms with Crippen LogP contribution in [0.3, 0.4) is 0 Å². The molecule has 2 fully saturated rings. The van der Waals surface area contributed by atoms with E-state index in [1.807, 2.05) is 0 Å². The number of rotatable bonds is 7. The van der Waals surface area contributed by atoms with E-state index in [-0.39, 0.29) is 5.91 Å². The van der Waals surface area contributed by atoms with Gasteiger partial charge in [0.15, 0.2) is 0 Å². The van der Waals surface area contributed by atoms with E-state index in [2.05, 4.69) is 24.2 Å². The first-order valence-corrected chi connectivity index (χ1v) is 8.82. The van der Waals surface area contributed by atoms with Gasteiger partial charge >= 0.3 is 0 Å². The lowest BCUT2D eigenvalue weighted by molar-refractivity contribution is -0.126. The van der Waals surface area contributed by atoms with Gasteiger partial charge in [-0.3, -0.25) is 4.79 Å². The Labute approximate surface area is 129 Å². The van der Waals surface area contributed by atoms with Crippen LogP contribution in [0.4, 0.5) is 0 Å². The maximum absolute atomic E-state index is 12.0. The molecule has 0 aromatic carbocycles. The summed E-state index contributed by atoms with van der Waals surface area (Å²) in [6.07, 6.45) is 10.7. The average Bonchev–Trinajstić information content (AvgIpc) is 2.98. The molecular weight excluding hydrogens is 262 g/mol. The van der Waals surface area contributed by atoms with E-state index >= 15 is 0 Å². The van der Waals surface area contributed by atoms with E-state index in [9.17, 15) is 4.79 Å². The summed E-state index contributed by atoms with van der Waals surface area (Å²) in [5.74, 6) is 0.707. The molecule has 2 rings (SSSR count). The molecule has 3 N–H and O–H groups in total. The van der Waals surface area contributed by atoms with Crippen molar-refractivity contribution in [3.05, 3.63) is 0 Å². The molecule has 2 unspecified atom stereocenters. The summed E-state index contributed by atoms with van der Waals surface area (Å²) in [4.78, 5) is 14.5. The molecule has 0 spiro atoms. The van der Waals surface area contributed by atoms with Crippen LogP contribution in [0.1, 0.15) is 64.7 Å². The van der Waals surface area contributed by atoms with Crippen LogP contribution in [0.5, 0.6) is 0 Å². The molecular formula is C17H33N3O. The molecule has 0 aromatic rings. The van der Waals surface area contributed by atoms with Gasteiger partial charge in [0.2, 0.25) is 5.91 Å². The minimum absolute atomic E-state index is 0.157. The highest BCUT2D eigenvalue weighted by molar-refractivity contribution is 5.84. The van der Waals surface area contributed by atoms with Crippen molar-refractivity contribution in [3.63, 3.8) is 0 Å². The molecule has 0 bridgehead atoms. The van der Waals surface area contributed by atoms with Gasteiger partial charge in [0.05, 0.1) is 5.54 Å². The van der Waals surface area contributed by atoms with Gasteiger partial charge < -0.3 is 16.0 Å². The van der Waals surface area contributed by atoms with Crippen molar-refractivity contribution in [3.8, 4) is 0 Å². The van der Waals surface area contributed by atoms with Crippen LogP contribution in [-0.2, 0) is 4.79 Å². The second-order valence-electron chi connectivity index (χ2n) is 7.21. The molecule has 1 amide bonds. The van der Waals surface area contributed by atoms with Crippen LogP contribution in [-0.4, -0.2) is 42.5 Å². The normalized spacial score (nSPS) is 30.9. The largest absolute Gasteiger partial charge is 0.368 e. The summed E-state index contributed by atoms with van der Waals surface area (Å²) in [6.45, 7) is 4.20. The van der Waals surface area contributed by atoms with E-state index < -0.39 is 5.54 Å². The highest BCUT2D eigenvalue weighted by atomic mass is 16.1. The molecule has 2 atom stereocenters. The third kappa shape index (κ3) is 4.19. The summed E-state index contributed by atoms with van der Waals surface area (Å²) < 4.78 is 0. The Morgan fingerprint density at radius 1 is 1.29 bits per heavy atom. The van der Waals surface area contributed by atoms with Crippen molar-refractivity contribution in [2.45, 2.75) is 76.3 Å². The van der Waals surface area contributed by atoms with E-state index in [0.29, 0.717) is 6.04 Å². The maximum atomic E-state index is 12.0. The van der Waals surface area contributed by atoms with Gasteiger partial charge in [-0.1, -0.05) is 19.8 Å². The van der Waals surface area contributed by atoms with Crippen molar-refractivity contribution in [1.82, 2.24) is 10.2 Å². The van der Waals surface area contributed by atoms with Crippen LogP contribution in [0, 0.1) is 5.92 Å². The van der Waals surface area contributed by atoms with Crippen LogP contribution in [0.15, 0.2) is 0 Å². The summed E-state index contributed by atoms with van der Waals surface area (Å²) in [6, 6.07) is 0.496. The van der Waals surface area contributed by atoms with Crippen molar-refractivity contribution in [2.24, 2.45) is 11.7 Å². The molecule has 4 nitrogen and oxygen atoms in total. The molecule has 0 aromatic heterocycles. The monoisotopic (exact) mass is 295 g/mol. The van der Waals surface area contributed by atoms with Gasteiger partial charge in [-0.05, 0) is 64.5 Å². The van der Waals surface area contributed by atoms with Crippen molar-refractivity contribution in [1.29, 1.82) is 0 Å². The van der Waals surface area contributed by atoms with Crippen molar-refractivity contribution in [2.75, 3.05) is 20.1 Å². The third-order valence-electron chi connectivity index (χ3n) is 5.55. The molecule has 0 saturated heterocycles. The Balaban J connectivity index is 1.95. The summed E-state index contributed by atoms with van der Waals surface area (Å²) in [5, 5.41) is 3.46. The molecule has 0 aliphatic heterocycles. The topological polar surface area (TPSA) is 58.4 Å². The van der Waals surface area contributed by atoms with Crippen LogP contribution in [0.2, 0.25) is 0 Å². The predicted octanol–water partition coefficient (Wildman–Crippen LogP) is 2.27. The first-order chi connectivity index (χ1) is 10.1. The van der Waals surface area contributed by atoms with Crippen molar-refractivity contribution >= 4 is 5.91 Å². The number of nitrogens with one attached hydrogen (secondary N) is 1. The van der Waals surface area contributed by atoms with Crippen molar-refractivity contribution < 1.29 is 4.79 Å². The highest BCUT2D eigenvalue weighted by Crippen LogP contribution is 2.33. The fourth-order valence-electron chi connectivity index (χ4n) is 4.21. The Morgan fingerprint density at radius 3 is 2.62 bits per heavy atom. The summed E-state index contributed by atoms with van der Waals surface area (Å²) >= 11 is 0. The minimum atomic E-state index is -0.469. The number of nitrogens with zero attached hydrogens (tertiary/aromatic N) is 1. The lowest BCUT2D eigenvalue weighted by atomic mass is 9.77. The number of carbonyl (C=O) groups excluding carboxylic acids is 1. The van der Waals surface area contributed by atoms with E-state index in [1.165, 1.54) is 38.6 Å². The van der Waals surface area contributed by atoms with E-state index in [1.54, 1.807) is 0 Å². The Hall–Kier alpha value is -0.610. The zero-order valence-electron chi connectivity index (χ0n) is 13.9. The lowest BCUT2D eigenvalue weighted by Gasteiger charge is -2.43. The number of hydrogen-bond donors (Lipinski definition) is 2. The molecule has 2 aliphatic carbocycles. The fourth-order valence-corrected chi connectivity index (χ4v) is 4.21. The maximum Gasteiger partial charge on any atom is 0.237 e. The highest BCUT2D eigenvalue weighted by Gasteiger charge is 2.42. The van der Waals surface area contributed by atoms with Crippen LogP contribution in [0.25, 0.3) is 0 Å². The summed E-state index contributed by atoms with van der Waals surface area (Å²) in [5.41, 5.74) is 5.28. The Bertz CT molecular complexity index is 341. The zero-order chi connectivity index (χ0) is 15.3. The molecule has 4 heteroatoms. The minimum Gasteiger partial charge on any atom is -0.368 e. The molecule has 122 valence electrons. The quantitative estimate of drug-likeness (QED) is 0.757. The molecule has 0 radical (unpaired) electrons. The Kier molecular flexibility index (Phi) is 6.06. The lowest BCUT2D eigenvalue weighted by Crippen LogP contribution is -2.60. The third-order valence-corrected chi connectivity index (χ3v) is 5.55. The second kappa shape index (κ2) is 7.59.